The third-order valence-electron chi connectivity index (χ3n) is 3.86. The van der Waals surface area contributed by atoms with Crippen molar-refractivity contribution in [2.75, 3.05) is 0 Å². The van der Waals surface area contributed by atoms with Crippen molar-refractivity contribution in [2.45, 2.75) is 6.61 Å². The summed E-state index contributed by atoms with van der Waals surface area (Å²) in [6.45, 7) is 0.234. The Bertz CT molecular complexity index is 1180. The number of pyridine rings is 1. The molecule has 0 atom stereocenters. The van der Waals surface area contributed by atoms with Crippen LogP contribution in [0.1, 0.15) is 5.69 Å². The van der Waals surface area contributed by atoms with Crippen LogP contribution in [0.3, 0.4) is 0 Å². The first-order valence-electron chi connectivity index (χ1n) is 7.97. The Morgan fingerprint density at radius 3 is 2.81 bits per heavy atom. The standard InChI is InChI=1S/C18H13N5O4/c1-23-9-15(20-8-17(23)24)18-21-14-6-13(4-5-16(14)27-18)26-10-12-3-2-11(22-25)7-19-12/h2-9H,10H2,1H3. The molecule has 0 fully saturated rings. The fourth-order valence-electron chi connectivity index (χ4n) is 2.43. The zero-order valence-corrected chi connectivity index (χ0v) is 14.2. The molecular formula is C18H13N5O4. The van der Waals surface area contributed by atoms with Gasteiger partial charge >= 0.3 is 0 Å². The summed E-state index contributed by atoms with van der Waals surface area (Å²) in [6, 6.07) is 8.50. The van der Waals surface area contributed by atoms with E-state index >= 15 is 0 Å². The molecular weight excluding hydrogens is 350 g/mol. The van der Waals surface area contributed by atoms with Crippen LogP contribution in [0.5, 0.6) is 5.75 Å². The van der Waals surface area contributed by atoms with Gasteiger partial charge in [-0.25, -0.2) is 9.97 Å². The zero-order chi connectivity index (χ0) is 18.8. The fraction of sp³-hybridized carbons (Fsp3) is 0.111. The van der Waals surface area contributed by atoms with E-state index in [0.717, 1.165) is 0 Å². The Hall–Kier alpha value is -3.88. The molecule has 0 saturated carbocycles. The van der Waals surface area contributed by atoms with Gasteiger partial charge in [-0.15, -0.1) is 4.91 Å². The van der Waals surface area contributed by atoms with Crippen LogP contribution in [0.25, 0.3) is 22.7 Å². The third kappa shape index (κ3) is 3.43. The second-order valence-corrected chi connectivity index (χ2v) is 5.76. The second-order valence-electron chi connectivity index (χ2n) is 5.76. The summed E-state index contributed by atoms with van der Waals surface area (Å²) < 4.78 is 12.8. The Morgan fingerprint density at radius 1 is 1.19 bits per heavy atom. The first-order valence-corrected chi connectivity index (χ1v) is 7.97. The van der Waals surface area contributed by atoms with Crippen molar-refractivity contribution in [2.24, 2.45) is 12.2 Å². The number of hydrogen-bond donors (Lipinski definition) is 0. The minimum Gasteiger partial charge on any atom is -0.487 e. The molecule has 9 heteroatoms. The van der Waals surface area contributed by atoms with E-state index in [0.29, 0.717) is 34.1 Å². The van der Waals surface area contributed by atoms with Crippen LogP contribution in [0, 0.1) is 4.91 Å². The quantitative estimate of drug-likeness (QED) is 0.501. The molecule has 0 aliphatic rings. The summed E-state index contributed by atoms with van der Waals surface area (Å²) in [5, 5.41) is 2.81. The second kappa shape index (κ2) is 6.79. The maximum atomic E-state index is 11.5. The number of benzene rings is 1. The fourth-order valence-corrected chi connectivity index (χ4v) is 2.43. The maximum Gasteiger partial charge on any atom is 0.268 e. The van der Waals surface area contributed by atoms with E-state index in [-0.39, 0.29) is 17.9 Å². The van der Waals surface area contributed by atoms with E-state index in [1.54, 1.807) is 43.6 Å². The highest BCUT2D eigenvalue weighted by molar-refractivity contribution is 5.77. The van der Waals surface area contributed by atoms with Crippen LogP contribution >= 0.6 is 0 Å². The van der Waals surface area contributed by atoms with Gasteiger partial charge in [0, 0.05) is 19.3 Å². The number of fused-ring (bicyclic) bond motifs is 1. The number of aromatic nitrogens is 4. The Kier molecular flexibility index (Phi) is 4.17. The summed E-state index contributed by atoms with van der Waals surface area (Å²) in [7, 11) is 1.63. The van der Waals surface area contributed by atoms with Crippen LogP contribution in [-0.2, 0) is 13.7 Å². The number of rotatable bonds is 5. The highest BCUT2D eigenvalue weighted by Gasteiger charge is 2.11. The Labute approximate surface area is 152 Å². The van der Waals surface area contributed by atoms with Crippen LogP contribution in [0.15, 0.2) is 63.3 Å². The van der Waals surface area contributed by atoms with Crippen LogP contribution in [-0.4, -0.2) is 19.5 Å². The molecule has 9 nitrogen and oxygen atoms in total. The highest BCUT2D eigenvalue weighted by Crippen LogP contribution is 2.26. The van der Waals surface area contributed by atoms with Crippen molar-refractivity contribution in [3.8, 4) is 17.3 Å². The summed E-state index contributed by atoms with van der Waals surface area (Å²) >= 11 is 0. The molecule has 0 N–H and O–H groups in total. The minimum absolute atomic E-state index is 0.212. The van der Waals surface area contributed by atoms with Crippen molar-refractivity contribution in [3.05, 3.63) is 69.9 Å². The minimum atomic E-state index is -0.212. The van der Waals surface area contributed by atoms with Gasteiger partial charge in [0.05, 0.1) is 18.1 Å². The smallest absolute Gasteiger partial charge is 0.268 e. The van der Waals surface area contributed by atoms with Crippen molar-refractivity contribution in [1.29, 1.82) is 0 Å². The Morgan fingerprint density at radius 2 is 2.07 bits per heavy atom. The summed E-state index contributed by atoms with van der Waals surface area (Å²) in [5.41, 5.74) is 2.36. The number of aryl methyl sites for hydroxylation is 1. The molecule has 134 valence electrons. The molecule has 0 unspecified atom stereocenters. The molecule has 0 spiro atoms. The molecule has 3 aromatic heterocycles. The van der Waals surface area contributed by atoms with Crippen LogP contribution < -0.4 is 10.3 Å². The van der Waals surface area contributed by atoms with E-state index in [2.05, 4.69) is 20.1 Å². The molecule has 1 aromatic carbocycles. The van der Waals surface area contributed by atoms with Gasteiger partial charge in [-0.3, -0.25) is 9.78 Å². The van der Waals surface area contributed by atoms with Gasteiger partial charge in [-0.05, 0) is 29.4 Å². The van der Waals surface area contributed by atoms with Crippen molar-refractivity contribution in [3.63, 3.8) is 0 Å². The van der Waals surface area contributed by atoms with E-state index in [1.165, 1.54) is 17.0 Å². The molecule has 3 heterocycles. The summed E-state index contributed by atoms with van der Waals surface area (Å²) in [5.74, 6) is 0.909. The zero-order valence-electron chi connectivity index (χ0n) is 14.2. The molecule has 0 saturated heterocycles. The average Bonchev–Trinajstić information content (AvgIpc) is 3.12. The number of ether oxygens (including phenoxy) is 1. The molecule has 4 aromatic rings. The van der Waals surface area contributed by atoms with Gasteiger partial charge < -0.3 is 13.7 Å². The van der Waals surface area contributed by atoms with Gasteiger partial charge in [0.15, 0.2) is 5.58 Å². The molecule has 27 heavy (non-hydrogen) atoms. The van der Waals surface area contributed by atoms with Gasteiger partial charge in [0.1, 0.15) is 29.3 Å². The van der Waals surface area contributed by atoms with Crippen molar-refractivity contribution >= 4 is 16.8 Å². The third-order valence-corrected chi connectivity index (χ3v) is 3.86. The van der Waals surface area contributed by atoms with Crippen molar-refractivity contribution < 1.29 is 9.15 Å². The van der Waals surface area contributed by atoms with E-state index in [4.69, 9.17) is 9.15 Å². The first kappa shape index (κ1) is 16.6. The Balaban J connectivity index is 1.55. The normalized spacial score (nSPS) is 10.9. The van der Waals surface area contributed by atoms with E-state index in [1.807, 2.05) is 0 Å². The average molecular weight is 363 g/mol. The van der Waals surface area contributed by atoms with Crippen LogP contribution in [0.2, 0.25) is 0 Å². The van der Waals surface area contributed by atoms with Crippen LogP contribution in [0.4, 0.5) is 5.69 Å². The van der Waals surface area contributed by atoms with Gasteiger partial charge in [0.2, 0.25) is 5.89 Å². The van der Waals surface area contributed by atoms with E-state index in [9.17, 15) is 9.70 Å². The monoisotopic (exact) mass is 363 g/mol. The molecule has 4 rings (SSSR count). The SMILES string of the molecule is Cn1cc(-c2nc3cc(OCc4ccc(N=O)cn4)ccc3o2)ncc1=O. The lowest BCUT2D eigenvalue weighted by molar-refractivity contribution is 0.301. The predicted molar refractivity (Wildman–Crippen MR) is 96.5 cm³/mol. The molecule has 0 aliphatic heterocycles. The van der Waals surface area contributed by atoms with Crippen molar-refractivity contribution in [1.82, 2.24) is 19.5 Å². The summed E-state index contributed by atoms with van der Waals surface area (Å²) in [6.07, 6.45) is 4.17. The number of oxazole rings is 1. The topological polar surface area (TPSA) is 112 Å². The lowest BCUT2D eigenvalue weighted by atomic mass is 10.3. The number of nitrogens with zero attached hydrogens (tertiary/aromatic N) is 5. The lowest BCUT2D eigenvalue weighted by Gasteiger charge is -2.05. The van der Waals surface area contributed by atoms with E-state index < -0.39 is 0 Å². The highest BCUT2D eigenvalue weighted by atomic mass is 16.5. The molecule has 0 amide bonds. The van der Waals surface area contributed by atoms with Gasteiger partial charge in [-0.2, -0.15) is 0 Å². The summed E-state index contributed by atoms with van der Waals surface area (Å²) in [4.78, 5) is 34.4. The predicted octanol–water partition coefficient (Wildman–Crippen LogP) is 2.96. The largest absolute Gasteiger partial charge is 0.487 e. The number of hydrogen-bond acceptors (Lipinski definition) is 8. The van der Waals surface area contributed by atoms with Gasteiger partial charge in [0.25, 0.3) is 5.56 Å². The molecule has 0 bridgehead atoms. The van der Waals surface area contributed by atoms with Gasteiger partial charge in [-0.1, -0.05) is 0 Å². The molecule has 0 aliphatic carbocycles. The number of nitroso groups, excluding NO2 is 1. The molecule has 0 radical (unpaired) electrons. The lowest BCUT2D eigenvalue weighted by Crippen LogP contribution is -2.15. The maximum absolute atomic E-state index is 11.5. The first-order chi connectivity index (χ1) is 13.1.